The van der Waals surface area contributed by atoms with Crippen molar-refractivity contribution in [2.75, 3.05) is 0 Å². The molecule has 2 heterocycles. The van der Waals surface area contributed by atoms with E-state index in [4.69, 9.17) is 11.6 Å². The van der Waals surface area contributed by atoms with E-state index in [2.05, 4.69) is 27.5 Å². The van der Waals surface area contributed by atoms with E-state index < -0.39 is 0 Å². The van der Waals surface area contributed by atoms with Crippen LogP contribution < -0.4 is 0 Å². The number of nitriles is 1. The fraction of sp³-hybridized carbons (Fsp3) is 0.381. The van der Waals surface area contributed by atoms with Gasteiger partial charge in [-0.15, -0.1) is 0 Å². The molecule has 2 aromatic heterocycles. The molecular weight excluding hydrogens is 344 g/mol. The van der Waals surface area contributed by atoms with Crippen molar-refractivity contribution in [3.05, 3.63) is 47.4 Å². The minimum Gasteiger partial charge on any atom is -0.329 e. The van der Waals surface area contributed by atoms with Crippen LogP contribution in [0.4, 0.5) is 0 Å². The Morgan fingerprint density at radius 3 is 2.77 bits per heavy atom. The van der Waals surface area contributed by atoms with Gasteiger partial charge >= 0.3 is 0 Å². The first-order valence-electron chi connectivity index (χ1n) is 9.16. The van der Waals surface area contributed by atoms with E-state index >= 15 is 0 Å². The number of imidazole rings is 1. The lowest BCUT2D eigenvalue weighted by molar-refractivity contribution is 0.266. The Labute approximate surface area is 158 Å². The molecule has 0 unspecified atom stereocenters. The normalized spacial score (nSPS) is 20.2. The molecule has 1 saturated carbocycles. The molecule has 0 amide bonds. The number of nitrogens with zero attached hydrogens (tertiary/aromatic N) is 4. The minimum atomic E-state index is 0.379. The lowest BCUT2D eigenvalue weighted by Gasteiger charge is -2.26. The van der Waals surface area contributed by atoms with Crippen LogP contribution in [0.3, 0.4) is 0 Å². The van der Waals surface area contributed by atoms with Crippen LogP contribution in [0.1, 0.15) is 38.3 Å². The monoisotopic (exact) mass is 364 g/mol. The second-order valence-corrected chi connectivity index (χ2v) is 7.81. The predicted molar refractivity (Wildman–Crippen MR) is 104 cm³/mol. The zero-order valence-corrected chi connectivity index (χ0v) is 15.6. The number of halogens is 1. The van der Waals surface area contributed by atoms with E-state index in [1.165, 1.54) is 25.7 Å². The molecule has 132 valence electrons. The summed E-state index contributed by atoms with van der Waals surface area (Å²) in [5.41, 5.74) is 3.88. The average molecular weight is 365 g/mol. The van der Waals surface area contributed by atoms with Crippen molar-refractivity contribution in [1.82, 2.24) is 14.5 Å². The van der Waals surface area contributed by atoms with Gasteiger partial charge < -0.3 is 4.57 Å². The molecule has 0 spiro atoms. The van der Waals surface area contributed by atoms with Crippen LogP contribution in [0.2, 0.25) is 5.02 Å². The number of fused-ring (bicyclic) bond motifs is 1. The van der Waals surface area contributed by atoms with E-state index in [1.54, 1.807) is 6.07 Å². The van der Waals surface area contributed by atoms with Crippen molar-refractivity contribution < 1.29 is 0 Å². The predicted octanol–water partition coefficient (Wildman–Crippen LogP) is 5.45. The van der Waals surface area contributed by atoms with Crippen LogP contribution >= 0.6 is 11.6 Å². The van der Waals surface area contributed by atoms with E-state index in [9.17, 15) is 5.26 Å². The summed E-state index contributed by atoms with van der Waals surface area (Å²) >= 11 is 6.19. The van der Waals surface area contributed by atoms with Gasteiger partial charge in [0.25, 0.3) is 0 Å². The van der Waals surface area contributed by atoms with Gasteiger partial charge in [0.2, 0.25) is 0 Å². The average Bonchev–Trinajstić information content (AvgIpc) is 3.05. The van der Waals surface area contributed by atoms with Crippen LogP contribution in [-0.2, 0) is 6.54 Å². The van der Waals surface area contributed by atoms with Crippen LogP contribution in [0.25, 0.3) is 22.3 Å². The highest BCUT2D eigenvalue weighted by molar-refractivity contribution is 6.30. The Bertz CT molecular complexity index is 977. The third-order valence-electron chi connectivity index (χ3n) is 5.40. The summed E-state index contributed by atoms with van der Waals surface area (Å²) in [7, 11) is 0. The maximum atomic E-state index is 9.34. The van der Waals surface area contributed by atoms with Gasteiger partial charge in [-0.25, -0.2) is 9.97 Å². The second kappa shape index (κ2) is 7.09. The van der Waals surface area contributed by atoms with Crippen LogP contribution in [0, 0.1) is 23.2 Å². The smallest absolute Gasteiger partial charge is 0.143 e. The number of pyridine rings is 1. The molecule has 0 atom stereocenters. The summed E-state index contributed by atoms with van der Waals surface area (Å²) in [5.74, 6) is 1.51. The van der Waals surface area contributed by atoms with Crippen LogP contribution in [0.15, 0.2) is 36.7 Å². The first kappa shape index (κ1) is 17.1. The Balaban J connectivity index is 1.79. The Kier molecular flexibility index (Phi) is 4.65. The van der Waals surface area contributed by atoms with Gasteiger partial charge in [0.05, 0.1) is 23.1 Å². The molecule has 0 saturated heterocycles. The Morgan fingerprint density at radius 1 is 1.23 bits per heavy atom. The highest BCUT2D eigenvalue weighted by Gasteiger charge is 2.21. The first-order valence-corrected chi connectivity index (χ1v) is 9.53. The van der Waals surface area contributed by atoms with Gasteiger partial charge in [-0.2, -0.15) is 5.26 Å². The largest absolute Gasteiger partial charge is 0.329 e. The van der Waals surface area contributed by atoms with Crippen molar-refractivity contribution in [2.45, 2.75) is 39.2 Å². The lowest BCUT2D eigenvalue weighted by Crippen LogP contribution is -2.17. The molecule has 0 radical (unpaired) electrons. The van der Waals surface area contributed by atoms with E-state index in [-0.39, 0.29) is 0 Å². The molecule has 0 bridgehead atoms. The molecule has 1 aliphatic carbocycles. The fourth-order valence-electron chi connectivity index (χ4n) is 3.92. The molecule has 4 nitrogen and oxygen atoms in total. The van der Waals surface area contributed by atoms with E-state index in [0.717, 1.165) is 34.8 Å². The molecule has 26 heavy (non-hydrogen) atoms. The second-order valence-electron chi connectivity index (χ2n) is 7.37. The molecule has 4 rings (SSSR count). The van der Waals surface area contributed by atoms with Crippen molar-refractivity contribution in [3.63, 3.8) is 0 Å². The van der Waals surface area contributed by atoms with Gasteiger partial charge in [0.1, 0.15) is 11.8 Å². The third kappa shape index (κ3) is 3.32. The highest BCUT2D eigenvalue weighted by Crippen LogP contribution is 2.33. The summed E-state index contributed by atoms with van der Waals surface area (Å²) in [4.78, 5) is 9.14. The minimum absolute atomic E-state index is 0.379. The number of rotatable bonds is 3. The first-order chi connectivity index (χ1) is 12.6. The highest BCUT2D eigenvalue weighted by atomic mass is 35.5. The van der Waals surface area contributed by atoms with Crippen molar-refractivity contribution in [3.8, 4) is 17.3 Å². The Morgan fingerprint density at radius 2 is 2.04 bits per heavy atom. The molecule has 1 aromatic carbocycles. The molecule has 5 heteroatoms. The third-order valence-corrected chi connectivity index (χ3v) is 5.63. The SMILES string of the molecule is CC1CCC(Cn2cnc3cc(C#N)nc(-c4cccc(Cl)c4)c32)CC1. The molecule has 1 fully saturated rings. The van der Waals surface area contributed by atoms with Crippen LogP contribution in [-0.4, -0.2) is 14.5 Å². The standard InChI is InChI=1S/C21H21ClN4/c1-14-5-7-15(8-6-14)12-26-13-24-19-10-18(11-23)25-20(21(19)26)16-3-2-4-17(22)9-16/h2-4,9-10,13-15H,5-8,12H2,1H3. The van der Waals surface area contributed by atoms with Gasteiger partial charge in [0, 0.05) is 23.2 Å². The zero-order chi connectivity index (χ0) is 18.1. The van der Waals surface area contributed by atoms with Crippen molar-refractivity contribution >= 4 is 22.6 Å². The summed E-state index contributed by atoms with van der Waals surface area (Å²) in [6.07, 6.45) is 7.01. The fourth-order valence-corrected chi connectivity index (χ4v) is 4.11. The Hall–Kier alpha value is -2.38. The molecule has 1 aliphatic rings. The van der Waals surface area contributed by atoms with Gasteiger partial charge in [-0.1, -0.05) is 43.5 Å². The van der Waals surface area contributed by atoms with Crippen molar-refractivity contribution in [1.29, 1.82) is 5.26 Å². The molecule has 0 aliphatic heterocycles. The number of aromatic nitrogens is 3. The lowest BCUT2D eigenvalue weighted by atomic mass is 9.83. The molecular formula is C21H21ClN4. The number of hydrogen-bond donors (Lipinski definition) is 0. The van der Waals surface area contributed by atoms with Gasteiger partial charge in [0.15, 0.2) is 0 Å². The zero-order valence-electron chi connectivity index (χ0n) is 14.8. The summed E-state index contributed by atoms with van der Waals surface area (Å²) in [5, 5.41) is 10.0. The molecule has 0 N–H and O–H groups in total. The maximum Gasteiger partial charge on any atom is 0.143 e. The maximum absolute atomic E-state index is 9.34. The topological polar surface area (TPSA) is 54.5 Å². The summed E-state index contributed by atoms with van der Waals surface area (Å²) < 4.78 is 2.21. The number of hydrogen-bond acceptors (Lipinski definition) is 3. The van der Waals surface area contributed by atoms with Crippen LogP contribution in [0.5, 0.6) is 0 Å². The van der Waals surface area contributed by atoms with Crippen molar-refractivity contribution in [2.24, 2.45) is 11.8 Å². The van der Waals surface area contributed by atoms with Gasteiger partial charge in [-0.3, -0.25) is 0 Å². The number of benzene rings is 1. The summed E-state index contributed by atoms with van der Waals surface area (Å²) in [6, 6.07) is 11.5. The van der Waals surface area contributed by atoms with E-state index in [0.29, 0.717) is 16.6 Å². The summed E-state index contributed by atoms with van der Waals surface area (Å²) in [6.45, 7) is 3.29. The quantitative estimate of drug-likeness (QED) is 0.620. The van der Waals surface area contributed by atoms with Gasteiger partial charge in [-0.05, 0) is 36.8 Å². The molecule has 3 aromatic rings. The van der Waals surface area contributed by atoms with E-state index in [1.807, 2.05) is 30.6 Å².